The van der Waals surface area contributed by atoms with Gasteiger partial charge in [-0.1, -0.05) is 17.2 Å². The standard InChI is InChI=1S/C15H15N5O7/c16-19-18-15(7-26-9-4-2-1-3-8(9)21)12(24)11(23)13(27-15)20-6-5-10(22)17-14(20)25/h1-6,11-13,21,23-24H,7H2,(H,17,22,25)/t11-,12+,13-,15-/m1/s1. The highest BCUT2D eigenvalue weighted by Crippen LogP contribution is 2.39. The number of aliphatic hydroxyl groups is 2. The van der Waals surface area contributed by atoms with Crippen molar-refractivity contribution in [3.63, 3.8) is 0 Å². The molecule has 0 aliphatic carbocycles. The number of benzene rings is 1. The van der Waals surface area contributed by atoms with E-state index in [0.717, 1.165) is 16.8 Å². The molecule has 1 aromatic carbocycles. The SMILES string of the molecule is [N-]=[N+]=N[C@]1(COc2ccccc2O)O[C@@H](n2ccc(=O)[nH]c2=O)[C@H](O)[C@@H]1O. The first-order valence-corrected chi connectivity index (χ1v) is 7.70. The molecule has 142 valence electrons. The van der Waals surface area contributed by atoms with Gasteiger partial charge in [0.05, 0.1) is 0 Å². The Bertz CT molecular complexity index is 998. The summed E-state index contributed by atoms with van der Waals surface area (Å²) in [4.78, 5) is 27.7. The molecule has 3 rings (SSSR count). The van der Waals surface area contributed by atoms with Crippen LogP contribution in [0.2, 0.25) is 0 Å². The number of rotatable bonds is 5. The number of hydrogen-bond acceptors (Lipinski definition) is 8. The Kier molecular flexibility index (Phi) is 4.88. The van der Waals surface area contributed by atoms with Gasteiger partial charge in [-0.2, -0.15) is 0 Å². The molecule has 0 bridgehead atoms. The summed E-state index contributed by atoms with van der Waals surface area (Å²) >= 11 is 0. The van der Waals surface area contributed by atoms with Gasteiger partial charge in [-0.15, -0.1) is 0 Å². The fourth-order valence-electron chi connectivity index (χ4n) is 2.69. The van der Waals surface area contributed by atoms with E-state index in [1.54, 1.807) is 12.1 Å². The molecule has 12 nitrogen and oxygen atoms in total. The van der Waals surface area contributed by atoms with Crippen LogP contribution in [0.25, 0.3) is 10.4 Å². The number of phenols is 1. The highest BCUT2D eigenvalue weighted by atomic mass is 16.6. The molecule has 1 aliphatic rings. The maximum atomic E-state index is 11.9. The van der Waals surface area contributed by atoms with Crippen LogP contribution < -0.4 is 16.0 Å². The molecule has 1 saturated heterocycles. The quantitative estimate of drug-likeness (QED) is 0.310. The summed E-state index contributed by atoms with van der Waals surface area (Å²) in [5.74, 6) is -0.171. The zero-order chi connectivity index (χ0) is 19.6. The Morgan fingerprint density at radius 3 is 2.74 bits per heavy atom. The number of azide groups is 1. The minimum atomic E-state index is -2.09. The average Bonchev–Trinajstić information content (AvgIpc) is 2.87. The molecule has 0 unspecified atom stereocenters. The predicted molar refractivity (Wildman–Crippen MR) is 88.9 cm³/mol. The van der Waals surface area contributed by atoms with Crippen LogP contribution in [0.4, 0.5) is 0 Å². The summed E-state index contributed by atoms with van der Waals surface area (Å²) in [7, 11) is 0. The van der Waals surface area contributed by atoms with Gasteiger partial charge in [0.1, 0.15) is 18.8 Å². The van der Waals surface area contributed by atoms with Crippen LogP contribution in [0, 0.1) is 0 Å². The number of nitrogens with one attached hydrogen (secondary N) is 1. The van der Waals surface area contributed by atoms with Gasteiger partial charge in [-0.25, -0.2) is 4.79 Å². The number of aromatic amines is 1. The Morgan fingerprint density at radius 2 is 2.07 bits per heavy atom. The Balaban J connectivity index is 1.93. The molecule has 0 saturated carbocycles. The fraction of sp³-hybridized carbons (Fsp3) is 0.333. The number of hydrogen-bond donors (Lipinski definition) is 4. The third-order valence-electron chi connectivity index (χ3n) is 4.04. The van der Waals surface area contributed by atoms with Gasteiger partial charge in [0.15, 0.2) is 17.7 Å². The lowest BCUT2D eigenvalue weighted by Gasteiger charge is -2.26. The molecular weight excluding hydrogens is 362 g/mol. The third-order valence-corrected chi connectivity index (χ3v) is 4.04. The second-order valence-electron chi connectivity index (χ2n) is 5.75. The highest BCUT2D eigenvalue weighted by Gasteiger charge is 2.56. The number of phenolic OH excluding ortho intramolecular Hbond substituents is 1. The van der Waals surface area contributed by atoms with Crippen molar-refractivity contribution in [1.82, 2.24) is 9.55 Å². The monoisotopic (exact) mass is 377 g/mol. The number of nitrogens with zero attached hydrogens (tertiary/aromatic N) is 4. The van der Waals surface area contributed by atoms with E-state index < -0.39 is 42.0 Å². The lowest BCUT2D eigenvalue weighted by Crippen LogP contribution is -2.46. The highest BCUT2D eigenvalue weighted by molar-refractivity contribution is 5.38. The molecule has 1 fully saturated rings. The number of ether oxygens (including phenoxy) is 2. The second-order valence-corrected chi connectivity index (χ2v) is 5.75. The van der Waals surface area contributed by atoms with Crippen molar-refractivity contribution >= 4 is 0 Å². The van der Waals surface area contributed by atoms with Crippen LogP contribution in [0.3, 0.4) is 0 Å². The first kappa shape index (κ1) is 18.5. The van der Waals surface area contributed by atoms with Crippen LogP contribution in [0.15, 0.2) is 51.2 Å². The summed E-state index contributed by atoms with van der Waals surface area (Å²) in [6.07, 6.45) is -3.82. The number of H-pyrrole nitrogens is 1. The maximum Gasteiger partial charge on any atom is 0.330 e. The van der Waals surface area contributed by atoms with Gasteiger partial charge < -0.3 is 24.8 Å². The lowest BCUT2D eigenvalue weighted by molar-refractivity contribution is -0.120. The van der Waals surface area contributed by atoms with Crippen molar-refractivity contribution in [1.29, 1.82) is 0 Å². The molecule has 4 N–H and O–H groups in total. The van der Waals surface area contributed by atoms with E-state index in [4.69, 9.17) is 15.0 Å². The molecule has 0 radical (unpaired) electrons. The third kappa shape index (κ3) is 3.37. The Morgan fingerprint density at radius 1 is 1.33 bits per heavy atom. The van der Waals surface area contributed by atoms with Crippen molar-refractivity contribution in [3.05, 3.63) is 67.8 Å². The van der Waals surface area contributed by atoms with Gasteiger partial charge in [-0.3, -0.25) is 14.3 Å². The van der Waals surface area contributed by atoms with Gasteiger partial charge in [-0.05, 0) is 17.7 Å². The van der Waals surface area contributed by atoms with Crippen LogP contribution >= 0.6 is 0 Å². The maximum absolute atomic E-state index is 11.9. The smallest absolute Gasteiger partial charge is 0.330 e. The molecule has 2 heterocycles. The van der Waals surface area contributed by atoms with Crippen LogP contribution in [-0.2, 0) is 4.74 Å². The number of aromatic nitrogens is 2. The van der Waals surface area contributed by atoms with Crippen LogP contribution in [0.1, 0.15) is 6.23 Å². The van der Waals surface area contributed by atoms with E-state index in [1.807, 2.05) is 4.98 Å². The minimum absolute atomic E-state index is 0.0277. The molecule has 0 spiro atoms. The molecule has 4 atom stereocenters. The van der Waals surface area contributed by atoms with Crippen LogP contribution in [-0.4, -0.2) is 49.4 Å². The lowest BCUT2D eigenvalue weighted by atomic mass is 10.1. The average molecular weight is 377 g/mol. The summed E-state index contributed by atoms with van der Waals surface area (Å²) in [6.45, 7) is -0.568. The van der Waals surface area contributed by atoms with Crippen molar-refractivity contribution in [3.8, 4) is 11.5 Å². The van der Waals surface area contributed by atoms with Crippen molar-refractivity contribution in [2.45, 2.75) is 24.2 Å². The number of aliphatic hydroxyl groups excluding tert-OH is 2. The first-order chi connectivity index (χ1) is 12.9. The Hall–Kier alpha value is -3.31. The van der Waals surface area contributed by atoms with E-state index >= 15 is 0 Å². The molecule has 1 aliphatic heterocycles. The summed E-state index contributed by atoms with van der Waals surface area (Å²) < 4.78 is 11.7. The molecule has 2 aromatic rings. The largest absolute Gasteiger partial charge is 0.504 e. The number of aromatic hydroxyl groups is 1. The van der Waals surface area contributed by atoms with Gasteiger partial charge >= 0.3 is 5.69 Å². The van der Waals surface area contributed by atoms with E-state index in [0.29, 0.717) is 0 Å². The van der Waals surface area contributed by atoms with Gasteiger partial charge in [0.2, 0.25) is 5.72 Å². The van der Waals surface area contributed by atoms with E-state index in [9.17, 15) is 24.9 Å². The molecule has 0 amide bonds. The van der Waals surface area contributed by atoms with E-state index in [1.165, 1.54) is 12.1 Å². The first-order valence-electron chi connectivity index (χ1n) is 7.70. The summed E-state index contributed by atoms with van der Waals surface area (Å²) in [5.41, 5.74) is 5.22. The number of para-hydroxylation sites is 2. The predicted octanol–water partition coefficient (Wildman–Crippen LogP) is -0.422. The van der Waals surface area contributed by atoms with Crippen LogP contribution in [0.5, 0.6) is 11.5 Å². The fourth-order valence-corrected chi connectivity index (χ4v) is 2.69. The molecular formula is C15H15N5O7. The second kappa shape index (κ2) is 7.13. The molecule has 27 heavy (non-hydrogen) atoms. The van der Waals surface area contributed by atoms with E-state index in [2.05, 4.69) is 10.0 Å². The van der Waals surface area contributed by atoms with Crippen molar-refractivity contribution in [2.75, 3.05) is 6.61 Å². The minimum Gasteiger partial charge on any atom is -0.504 e. The normalized spacial score (nSPS) is 27.1. The van der Waals surface area contributed by atoms with Crippen molar-refractivity contribution < 1.29 is 24.8 Å². The summed E-state index contributed by atoms with van der Waals surface area (Å²) in [5, 5.41) is 33.9. The zero-order valence-corrected chi connectivity index (χ0v) is 13.7. The van der Waals surface area contributed by atoms with Gasteiger partial charge in [0, 0.05) is 17.2 Å². The summed E-state index contributed by atoms with van der Waals surface area (Å²) in [6, 6.07) is 6.96. The Labute approximate surface area is 150 Å². The van der Waals surface area contributed by atoms with Gasteiger partial charge in [0.25, 0.3) is 5.56 Å². The zero-order valence-electron chi connectivity index (χ0n) is 13.7. The molecule has 12 heteroatoms. The molecule has 1 aromatic heterocycles. The van der Waals surface area contributed by atoms with Crippen molar-refractivity contribution in [2.24, 2.45) is 5.11 Å². The topological polar surface area (TPSA) is 183 Å². The van der Waals surface area contributed by atoms with E-state index in [-0.39, 0.29) is 11.5 Å².